The normalized spacial score (nSPS) is 13.9. The first-order chi connectivity index (χ1) is 10.7. The molecule has 0 spiro atoms. The van der Waals surface area contributed by atoms with Gasteiger partial charge in [-0.25, -0.2) is 4.21 Å². The van der Waals surface area contributed by atoms with E-state index in [0.29, 0.717) is 5.71 Å². The highest BCUT2D eigenvalue weighted by Crippen LogP contribution is 2.20. The molecule has 0 aliphatic heterocycles. The van der Waals surface area contributed by atoms with Crippen LogP contribution in [0.3, 0.4) is 0 Å². The molecule has 1 atom stereocenters. The number of hydrogen-bond donors (Lipinski definition) is 0. The van der Waals surface area contributed by atoms with E-state index >= 15 is 0 Å². The summed E-state index contributed by atoms with van der Waals surface area (Å²) < 4.78 is 16.7. The van der Waals surface area contributed by atoms with Crippen molar-refractivity contribution in [2.24, 2.45) is 4.40 Å². The van der Waals surface area contributed by atoms with Crippen molar-refractivity contribution in [2.45, 2.75) is 46.3 Å². The van der Waals surface area contributed by atoms with Crippen molar-refractivity contribution in [1.82, 2.24) is 4.98 Å². The topological polar surface area (TPSA) is 42.3 Å². The van der Waals surface area contributed by atoms with E-state index in [0.717, 1.165) is 22.5 Å². The number of aryl methyl sites for hydroxylation is 3. The van der Waals surface area contributed by atoms with Crippen molar-refractivity contribution < 1.29 is 4.21 Å². The van der Waals surface area contributed by atoms with E-state index in [1.807, 2.05) is 65.0 Å². The summed E-state index contributed by atoms with van der Waals surface area (Å²) in [6.07, 6.45) is 0. The Morgan fingerprint density at radius 3 is 2.35 bits per heavy atom. The van der Waals surface area contributed by atoms with Gasteiger partial charge in [-0.2, -0.15) is 4.40 Å². The average Bonchev–Trinajstić information content (AvgIpc) is 2.44. The lowest BCUT2D eigenvalue weighted by atomic mass is 9.99. The second-order valence-electron chi connectivity index (χ2n) is 6.78. The molecular formula is C19H24N2OS. The SMILES string of the molecule is Cc1ccc(C(=NS(=O)C(C)(C)C)c2cccc(C)n2)c(C)c1. The number of pyridine rings is 1. The van der Waals surface area contributed by atoms with Crippen LogP contribution in [0.25, 0.3) is 0 Å². The molecule has 1 aromatic heterocycles. The largest absolute Gasteiger partial charge is 0.251 e. The second kappa shape index (κ2) is 6.75. The minimum absolute atomic E-state index is 0.409. The zero-order chi connectivity index (χ0) is 17.2. The van der Waals surface area contributed by atoms with Gasteiger partial charge in [-0.15, -0.1) is 0 Å². The molecule has 3 nitrogen and oxygen atoms in total. The highest BCUT2D eigenvalue weighted by molar-refractivity contribution is 7.85. The Kier molecular flexibility index (Phi) is 5.15. The van der Waals surface area contributed by atoms with Crippen molar-refractivity contribution in [3.63, 3.8) is 0 Å². The van der Waals surface area contributed by atoms with Crippen molar-refractivity contribution >= 4 is 16.7 Å². The Labute approximate surface area is 141 Å². The van der Waals surface area contributed by atoms with Crippen LogP contribution in [0.5, 0.6) is 0 Å². The van der Waals surface area contributed by atoms with Crippen molar-refractivity contribution in [3.05, 3.63) is 64.5 Å². The lowest BCUT2D eigenvalue weighted by molar-refractivity contribution is 0.650. The fraction of sp³-hybridized carbons (Fsp3) is 0.368. The number of benzene rings is 1. The molecule has 4 heteroatoms. The minimum Gasteiger partial charge on any atom is -0.251 e. The third kappa shape index (κ3) is 4.35. The van der Waals surface area contributed by atoms with Gasteiger partial charge in [0.05, 0.1) is 10.4 Å². The maximum absolute atomic E-state index is 12.6. The van der Waals surface area contributed by atoms with Gasteiger partial charge in [-0.05, 0) is 59.2 Å². The highest BCUT2D eigenvalue weighted by Gasteiger charge is 2.22. The molecular weight excluding hydrogens is 304 g/mol. The second-order valence-corrected chi connectivity index (χ2v) is 8.69. The number of nitrogens with zero attached hydrogens (tertiary/aromatic N) is 2. The summed E-state index contributed by atoms with van der Waals surface area (Å²) in [6, 6.07) is 12.0. The van der Waals surface area contributed by atoms with Gasteiger partial charge in [0, 0.05) is 11.3 Å². The minimum atomic E-state index is -1.34. The van der Waals surface area contributed by atoms with Gasteiger partial charge in [0.1, 0.15) is 16.7 Å². The van der Waals surface area contributed by atoms with Gasteiger partial charge in [-0.1, -0.05) is 29.8 Å². The van der Waals surface area contributed by atoms with Crippen LogP contribution in [-0.4, -0.2) is 19.7 Å². The first-order valence-electron chi connectivity index (χ1n) is 7.71. The van der Waals surface area contributed by atoms with E-state index in [1.54, 1.807) is 0 Å². The molecule has 0 N–H and O–H groups in total. The standard InChI is InChI=1S/C19H24N2OS/c1-13-10-11-16(14(2)12-13)18(21-23(22)19(4,5)6)17-9-7-8-15(3)20-17/h7-12H,1-6H3. The van der Waals surface area contributed by atoms with Gasteiger partial charge in [0.15, 0.2) is 0 Å². The van der Waals surface area contributed by atoms with Crippen LogP contribution in [0, 0.1) is 20.8 Å². The highest BCUT2D eigenvalue weighted by atomic mass is 32.2. The Bertz CT molecular complexity index is 773. The van der Waals surface area contributed by atoms with E-state index in [1.165, 1.54) is 5.56 Å². The van der Waals surface area contributed by atoms with Gasteiger partial charge >= 0.3 is 0 Å². The Hall–Kier alpha value is -1.81. The average molecular weight is 328 g/mol. The molecule has 122 valence electrons. The van der Waals surface area contributed by atoms with E-state index in [2.05, 4.69) is 22.4 Å². The van der Waals surface area contributed by atoms with Gasteiger partial charge in [0.2, 0.25) is 0 Å². The maximum Gasteiger partial charge on any atom is 0.145 e. The van der Waals surface area contributed by atoms with Crippen LogP contribution in [0.2, 0.25) is 0 Å². The molecule has 23 heavy (non-hydrogen) atoms. The van der Waals surface area contributed by atoms with Gasteiger partial charge in [0.25, 0.3) is 0 Å². The van der Waals surface area contributed by atoms with Gasteiger partial charge in [-0.3, -0.25) is 4.98 Å². The third-order valence-electron chi connectivity index (χ3n) is 3.47. The van der Waals surface area contributed by atoms with Crippen LogP contribution < -0.4 is 0 Å². The van der Waals surface area contributed by atoms with E-state index in [-0.39, 0.29) is 0 Å². The molecule has 0 saturated carbocycles. The number of rotatable bonds is 3. The monoisotopic (exact) mass is 328 g/mol. The predicted octanol–water partition coefficient (Wildman–Crippen LogP) is 4.31. The molecule has 2 aromatic rings. The summed E-state index contributed by atoms with van der Waals surface area (Å²) in [4.78, 5) is 4.58. The molecule has 1 unspecified atom stereocenters. The molecule has 0 fully saturated rings. The van der Waals surface area contributed by atoms with Crippen LogP contribution >= 0.6 is 0 Å². The molecule has 0 aliphatic carbocycles. The van der Waals surface area contributed by atoms with Crippen LogP contribution in [0.4, 0.5) is 0 Å². The maximum atomic E-state index is 12.6. The van der Waals surface area contributed by atoms with Crippen LogP contribution in [0.15, 0.2) is 40.8 Å². The molecule has 0 saturated heterocycles. The summed E-state index contributed by atoms with van der Waals surface area (Å²) in [5.74, 6) is 0. The van der Waals surface area contributed by atoms with Gasteiger partial charge < -0.3 is 0 Å². The predicted molar refractivity (Wildman–Crippen MR) is 98.4 cm³/mol. The number of hydrogen-bond acceptors (Lipinski definition) is 2. The summed E-state index contributed by atoms with van der Waals surface area (Å²) in [6.45, 7) is 11.8. The zero-order valence-electron chi connectivity index (χ0n) is 14.7. The van der Waals surface area contributed by atoms with Crippen LogP contribution in [0.1, 0.15) is 48.8 Å². The summed E-state index contributed by atoms with van der Waals surface area (Å²) >= 11 is 0. The summed E-state index contributed by atoms with van der Waals surface area (Å²) in [7, 11) is -1.34. The lowest BCUT2D eigenvalue weighted by Gasteiger charge is -2.16. The molecule has 1 heterocycles. The van der Waals surface area contributed by atoms with Crippen LogP contribution in [-0.2, 0) is 11.0 Å². The lowest BCUT2D eigenvalue weighted by Crippen LogP contribution is -2.22. The molecule has 0 bridgehead atoms. The Balaban J connectivity index is 2.65. The molecule has 0 aliphatic rings. The molecule has 0 amide bonds. The van der Waals surface area contributed by atoms with E-state index in [9.17, 15) is 4.21 Å². The number of aromatic nitrogens is 1. The quantitative estimate of drug-likeness (QED) is 0.788. The fourth-order valence-corrected chi connectivity index (χ4v) is 2.84. The first kappa shape index (κ1) is 17.5. The smallest absolute Gasteiger partial charge is 0.145 e. The Morgan fingerprint density at radius 2 is 1.78 bits per heavy atom. The van der Waals surface area contributed by atoms with E-state index < -0.39 is 15.7 Å². The molecule has 0 radical (unpaired) electrons. The molecule has 2 rings (SSSR count). The zero-order valence-corrected chi connectivity index (χ0v) is 15.5. The summed E-state index contributed by atoms with van der Waals surface area (Å²) in [5.41, 5.74) is 5.65. The van der Waals surface area contributed by atoms with Crippen molar-refractivity contribution in [1.29, 1.82) is 0 Å². The molecule has 1 aromatic carbocycles. The Morgan fingerprint density at radius 1 is 1.09 bits per heavy atom. The first-order valence-corrected chi connectivity index (χ1v) is 8.81. The van der Waals surface area contributed by atoms with E-state index in [4.69, 9.17) is 0 Å². The third-order valence-corrected chi connectivity index (χ3v) is 4.86. The summed E-state index contributed by atoms with van der Waals surface area (Å²) in [5, 5.41) is 0. The fourth-order valence-electron chi connectivity index (χ4n) is 2.21. The van der Waals surface area contributed by atoms with Crippen molar-refractivity contribution in [3.8, 4) is 0 Å². The van der Waals surface area contributed by atoms with Crippen molar-refractivity contribution in [2.75, 3.05) is 0 Å².